The third-order valence-electron chi connectivity index (χ3n) is 5.16. The molecule has 1 N–H and O–H groups in total. The van der Waals surface area contributed by atoms with Gasteiger partial charge in [-0.25, -0.2) is 4.98 Å². The molecule has 3 heterocycles. The number of hydrogen-bond donors (Lipinski definition) is 1. The molecule has 1 saturated heterocycles. The minimum absolute atomic E-state index is 0.249. The molecular formula is C22H29N3O4. The number of carbonyl (C=O) groups is 1. The van der Waals surface area contributed by atoms with Gasteiger partial charge in [-0.15, -0.1) is 0 Å². The minimum atomic E-state index is -0.281. The van der Waals surface area contributed by atoms with Gasteiger partial charge in [0.25, 0.3) is 5.91 Å². The van der Waals surface area contributed by atoms with Crippen molar-refractivity contribution in [3.8, 4) is 5.75 Å². The van der Waals surface area contributed by atoms with E-state index in [9.17, 15) is 4.79 Å². The summed E-state index contributed by atoms with van der Waals surface area (Å²) in [5.41, 5.74) is 2.57. The second-order valence-electron chi connectivity index (χ2n) is 9.36. The molecule has 4 rings (SSSR count). The Morgan fingerprint density at radius 1 is 1.21 bits per heavy atom. The van der Waals surface area contributed by atoms with Crippen molar-refractivity contribution in [1.82, 2.24) is 4.98 Å². The molecule has 156 valence electrons. The fraction of sp³-hybridized carbons (Fsp3) is 0.545. The van der Waals surface area contributed by atoms with Gasteiger partial charge in [-0.2, -0.15) is 0 Å². The van der Waals surface area contributed by atoms with Crippen LogP contribution >= 0.6 is 0 Å². The van der Waals surface area contributed by atoms with Gasteiger partial charge in [-0.3, -0.25) is 4.79 Å². The Bertz CT molecular complexity index is 921. The van der Waals surface area contributed by atoms with Crippen LogP contribution in [0.1, 0.15) is 56.6 Å². The first kappa shape index (κ1) is 19.8. The molecule has 1 amide bonds. The van der Waals surface area contributed by atoms with Crippen molar-refractivity contribution in [1.29, 1.82) is 0 Å². The molecule has 2 aliphatic rings. The van der Waals surface area contributed by atoms with E-state index in [0.29, 0.717) is 19.1 Å². The number of benzene rings is 1. The monoisotopic (exact) mass is 399 g/mol. The largest absolute Gasteiger partial charge is 0.487 e. The second-order valence-corrected chi connectivity index (χ2v) is 9.36. The highest BCUT2D eigenvalue weighted by Gasteiger charge is 2.32. The molecule has 0 saturated carbocycles. The molecule has 0 aliphatic carbocycles. The van der Waals surface area contributed by atoms with Crippen LogP contribution in [0.5, 0.6) is 5.75 Å². The number of fused-ring (bicyclic) bond motifs is 1. The lowest BCUT2D eigenvalue weighted by Crippen LogP contribution is -2.36. The van der Waals surface area contributed by atoms with E-state index in [1.165, 1.54) is 6.26 Å². The molecule has 0 spiro atoms. The van der Waals surface area contributed by atoms with Gasteiger partial charge in [-0.1, -0.05) is 20.8 Å². The second kappa shape index (κ2) is 7.06. The highest BCUT2D eigenvalue weighted by molar-refractivity contribution is 6.04. The van der Waals surface area contributed by atoms with E-state index in [1.54, 1.807) is 0 Å². The zero-order valence-corrected chi connectivity index (χ0v) is 17.8. The highest BCUT2D eigenvalue weighted by atomic mass is 16.5. The van der Waals surface area contributed by atoms with Gasteiger partial charge in [-0.05, 0) is 19.9 Å². The third-order valence-corrected chi connectivity index (χ3v) is 5.16. The van der Waals surface area contributed by atoms with Crippen LogP contribution in [0.15, 0.2) is 22.8 Å². The van der Waals surface area contributed by atoms with Gasteiger partial charge in [0.2, 0.25) is 0 Å². The fourth-order valence-corrected chi connectivity index (χ4v) is 3.71. The van der Waals surface area contributed by atoms with E-state index in [-0.39, 0.29) is 22.6 Å². The molecule has 29 heavy (non-hydrogen) atoms. The normalized spacial score (nSPS) is 18.3. The lowest BCUT2D eigenvalue weighted by Gasteiger charge is -2.31. The lowest BCUT2D eigenvalue weighted by atomic mass is 9.97. The summed E-state index contributed by atoms with van der Waals surface area (Å²) >= 11 is 0. The number of ether oxygens (including phenoxy) is 2. The Morgan fingerprint density at radius 3 is 2.59 bits per heavy atom. The summed E-state index contributed by atoms with van der Waals surface area (Å²) in [7, 11) is 0. The first-order chi connectivity index (χ1) is 13.6. The van der Waals surface area contributed by atoms with Crippen LogP contribution in [0.25, 0.3) is 0 Å². The molecule has 7 nitrogen and oxygen atoms in total. The van der Waals surface area contributed by atoms with E-state index in [4.69, 9.17) is 13.9 Å². The average molecular weight is 399 g/mol. The molecule has 0 bridgehead atoms. The van der Waals surface area contributed by atoms with Gasteiger partial charge in [0.1, 0.15) is 17.6 Å². The Kier molecular flexibility index (Phi) is 4.81. The summed E-state index contributed by atoms with van der Waals surface area (Å²) in [5.74, 6) is 1.14. The molecule has 0 radical (unpaired) electrons. The van der Waals surface area contributed by atoms with E-state index in [0.717, 1.165) is 42.2 Å². The van der Waals surface area contributed by atoms with Crippen LogP contribution < -0.4 is 15.0 Å². The van der Waals surface area contributed by atoms with Crippen molar-refractivity contribution in [2.45, 2.75) is 52.1 Å². The molecular weight excluding hydrogens is 370 g/mol. The Morgan fingerprint density at radius 2 is 1.93 bits per heavy atom. The standard InChI is InChI=1S/C22H29N3O4/c1-21(2,3)20-24-16(13-28-20)19(26)23-15-10-14-12-22(4,5)29-18(14)11-17(15)25-6-8-27-9-7-25/h10-11,13H,6-9,12H2,1-5H3,(H,23,26). The first-order valence-electron chi connectivity index (χ1n) is 10.1. The SMILES string of the molecule is CC1(C)Cc2cc(NC(=O)c3coc(C(C)(C)C)n3)c(N3CCOCC3)cc2O1. The fourth-order valence-electron chi connectivity index (χ4n) is 3.71. The minimum Gasteiger partial charge on any atom is -0.487 e. The van der Waals surface area contributed by atoms with Gasteiger partial charge < -0.3 is 24.1 Å². The number of hydrogen-bond acceptors (Lipinski definition) is 6. The summed E-state index contributed by atoms with van der Waals surface area (Å²) < 4.78 is 17.1. The quantitative estimate of drug-likeness (QED) is 0.847. The molecule has 1 fully saturated rings. The third kappa shape index (κ3) is 4.10. The van der Waals surface area contributed by atoms with Crippen LogP contribution in [0, 0.1) is 0 Å². The predicted molar refractivity (Wildman–Crippen MR) is 111 cm³/mol. The maximum Gasteiger partial charge on any atom is 0.277 e. The number of oxazole rings is 1. The number of carbonyl (C=O) groups excluding carboxylic acids is 1. The van der Waals surface area contributed by atoms with Gasteiger partial charge in [0.15, 0.2) is 11.6 Å². The molecule has 0 atom stereocenters. The summed E-state index contributed by atoms with van der Waals surface area (Å²) in [6, 6.07) is 4.06. The van der Waals surface area contributed by atoms with Crippen LogP contribution in [-0.2, 0) is 16.6 Å². The van der Waals surface area contributed by atoms with E-state index >= 15 is 0 Å². The lowest BCUT2D eigenvalue weighted by molar-refractivity contribution is 0.102. The first-order valence-corrected chi connectivity index (χ1v) is 10.1. The molecule has 1 aromatic carbocycles. The summed E-state index contributed by atoms with van der Waals surface area (Å²) in [4.78, 5) is 19.5. The van der Waals surface area contributed by atoms with E-state index < -0.39 is 0 Å². The summed E-state index contributed by atoms with van der Waals surface area (Å²) in [5, 5.41) is 3.05. The summed E-state index contributed by atoms with van der Waals surface area (Å²) in [6.07, 6.45) is 2.22. The molecule has 2 aliphatic heterocycles. The van der Waals surface area contributed by atoms with Gasteiger partial charge >= 0.3 is 0 Å². The number of aromatic nitrogens is 1. The molecule has 0 unspecified atom stereocenters. The van der Waals surface area contributed by atoms with Crippen LogP contribution in [0.3, 0.4) is 0 Å². The number of rotatable bonds is 3. The van der Waals surface area contributed by atoms with Crippen molar-refractivity contribution in [2.24, 2.45) is 0 Å². The molecule has 1 aromatic heterocycles. The van der Waals surface area contributed by atoms with Crippen molar-refractivity contribution < 1.29 is 18.7 Å². The Labute approximate surface area is 171 Å². The van der Waals surface area contributed by atoms with Crippen molar-refractivity contribution in [3.63, 3.8) is 0 Å². The zero-order valence-electron chi connectivity index (χ0n) is 17.8. The van der Waals surface area contributed by atoms with Crippen molar-refractivity contribution in [3.05, 3.63) is 35.5 Å². The van der Waals surface area contributed by atoms with Gasteiger partial charge in [0.05, 0.1) is 24.6 Å². The molecule has 2 aromatic rings. The van der Waals surface area contributed by atoms with Gasteiger partial charge in [0, 0.05) is 36.6 Å². The topological polar surface area (TPSA) is 76.8 Å². The van der Waals surface area contributed by atoms with E-state index in [2.05, 4.69) is 29.0 Å². The number of nitrogens with one attached hydrogen (secondary N) is 1. The zero-order chi connectivity index (χ0) is 20.8. The van der Waals surface area contributed by atoms with Crippen molar-refractivity contribution >= 4 is 17.3 Å². The number of anilines is 2. The summed E-state index contributed by atoms with van der Waals surface area (Å²) in [6.45, 7) is 13.0. The number of nitrogens with zero attached hydrogens (tertiary/aromatic N) is 2. The predicted octanol–water partition coefficient (Wildman–Crippen LogP) is 3.77. The van der Waals surface area contributed by atoms with Crippen LogP contribution in [-0.4, -0.2) is 42.8 Å². The van der Waals surface area contributed by atoms with Crippen molar-refractivity contribution in [2.75, 3.05) is 36.5 Å². The maximum atomic E-state index is 12.9. The Hall–Kier alpha value is -2.54. The smallest absolute Gasteiger partial charge is 0.277 e. The van der Waals surface area contributed by atoms with Crippen LogP contribution in [0.2, 0.25) is 0 Å². The molecule has 7 heteroatoms. The Balaban J connectivity index is 1.65. The number of amides is 1. The highest BCUT2D eigenvalue weighted by Crippen LogP contribution is 2.42. The number of morpholine rings is 1. The average Bonchev–Trinajstić information content (AvgIpc) is 3.25. The van der Waals surface area contributed by atoms with Crippen LogP contribution in [0.4, 0.5) is 11.4 Å². The maximum absolute atomic E-state index is 12.9. The van der Waals surface area contributed by atoms with E-state index in [1.807, 2.05) is 32.9 Å².